The fourth-order valence-electron chi connectivity index (χ4n) is 2.91. The molecule has 96 valence electrons. The maximum atomic E-state index is 6.52. The second-order valence-corrected chi connectivity index (χ2v) is 5.60. The summed E-state index contributed by atoms with van der Waals surface area (Å²) in [6.45, 7) is 5.34. The monoisotopic (exact) mass is 235 g/mol. The normalized spacial score (nSPS) is 29.5. The number of nitrogens with zero attached hydrogens (tertiary/aromatic N) is 2. The van der Waals surface area contributed by atoms with E-state index in [1.54, 1.807) is 0 Å². The maximum Gasteiger partial charge on any atom is 0.0522 e. The first kappa shape index (κ1) is 12.6. The Hall–Kier alpha value is -0.830. The summed E-state index contributed by atoms with van der Waals surface area (Å²) < 4.78 is 1.98. The van der Waals surface area contributed by atoms with Crippen LogP contribution in [0.1, 0.15) is 51.5 Å². The van der Waals surface area contributed by atoms with Gasteiger partial charge in [0, 0.05) is 18.3 Å². The molecule has 1 aliphatic rings. The van der Waals surface area contributed by atoms with E-state index in [0.717, 1.165) is 18.9 Å². The van der Waals surface area contributed by atoms with Crippen LogP contribution in [-0.2, 0) is 13.0 Å². The minimum absolute atomic E-state index is 0.0211. The first-order chi connectivity index (χ1) is 8.15. The lowest BCUT2D eigenvalue weighted by Gasteiger charge is -2.36. The Kier molecular flexibility index (Phi) is 3.87. The van der Waals surface area contributed by atoms with E-state index in [9.17, 15) is 0 Å². The van der Waals surface area contributed by atoms with Crippen molar-refractivity contribution in [2.45, 2.75) is 64.5 Å². The van der Waals surface area contributed by atoms with Crippen molar-refractivity contribution in [3.8, 4) is 0 Å². The van der Waals surface area contributed by atoms with Crippen LogP contribution in [0.5, 0.6) is 0 Å². The zero-order chi connectivity index (χ0) is 12.3. The molecule has 2 rings (SSSR count). The van der Waals surface area contributed by atoms with Gasteiger partial charge in [-0.3, -0.25) is 4.68 Å². The molecule has 0 radical (unpaired) electrons. The standard InChI is InChI=1S/C14H25N3/c1-3-12-5-7-14(15,8-6-12)9-13-10-16-17(4-2)11-13/h10-12H,3-9,15H2,1-2H3. The highest BCUT2D eigenvalue weighted by atomic mass is 15.3. The third kappa shape index (κ3) is 3.09. The molecule has 3 nitrogen and oxygen atoms in total. The summed E-state index contributed by atoms with van der Waals surface area (Å²) in [6, 6.07) is 0. The van der Waals surface area contributed by atoms with Gasteiger partial charge in [-0.1, -0.05) is 13.3 Å². The lowest BCUT2D eigenvalue weighted by Crippen LogP contribution is -2.45. The van der Waals surface area contributed by atoms with Crippen LogP contribution in [0.4, 0.5) is 0 Å². The Morgan fingerprint density at radius 1 is 1.41 bits per heavy atom. The molecular formula is C14H25N3. The largest absolute Gasteiger partial charge is 0.325 e. The first-order valence-corrected chi connectivity index (χ1v) is 6.95. The van der Waals surface area contributed by atoms with Crippen molar-refractivity contribution in [3.63, 3.8) is 0 Å². The third-order valence-corrected chi connectivity index (χ3v) is 4.25. The molecule has 0 atom stereocenters. The first-order valence-electron chi connectivity index (χ1n) is 6.95. The molecule has 1 aliphatic carbocycles. The summed E-state index contributed by atoms with van der Waals surface area (Å²) in [7, 11) is 0. The van der Waals surface area contributed by atoms with Crippen molar-refractivity contribution >= 4 is 0 Å². The average molecular weight is 235 g/mol. The van der Waals surface area contributed by atoms with E-state index in [0.29, 0.717) is 0 Å². The molecule has 0 unspecified atom stereocenters. The lowest BCUT2D eigenvalue weighted by atomic mass is 9.74. The highest BCUT2D eigenvalue weighted by molar-refractivity contribution is 5.10. The molecule has 1 heterocycles. The molecule has 0 bridgehead atoms. The van der Waals surface area contributed by atoms with Crippen LogP contribution >= 0.6 is 0 Å². The van der Waals surface area contributed by atoms with Crippen molar-refractivity contribution in [1.82, 2.24) is 9.78 Å². The fourth-order valence-corrected chi connectivity index (χ4v) is 2.91. The van der Waals surface area contributed by atoms with Gasteiger partial charge in [-0.15, -0.1) is 0 Å². The van der Waals surface area contributed by atoms with Gasteiger partial charge in [-0.25, -0.2) is 0 Å². The zero-order valence-corrected chi connectivity index (χ0v) is 11.2. The molecule has 0 aliphatic heterocycles. The van der Waals surface area contributed by atoms with Gasteiger partial charge >= 0.3 is 0 Å². The average Bonchev–Trinajstić information content (AvgIpc) is 2.77. The minimum atomic E-state index is 0.0211. The Bertz CT molecular complexity index is 348. The molecule has 0 spiro atoms. The lowest BCUT2D eigenvalue weighted by molar-refractivity contribution is 0.228. The highest BCUT2D eigenvalue weighted by Crippen LogP contribution is 2.34. The van der Waals surface area contributed by atoms with Crippen molar-refractivity contribution in [3.05, 3.63) is 18.0 Å². The second-order valence-electron chi connectivity index (χ2n) is 5.60. The van der Waals surface area contributed by atoms with E-state index in [4.69, 9.17) is 5.73 Å². The van der Waals surface area contributed by atoms with E-state index in [-0.39, 0.29) is 5.54 Å². The van der Waals surface area contributed by atoms with Gasteiger partial charge in [0.05, 0.1) is 6.20 Å². The van der Waals surface area contributed by atoms with E-state index in [1.807, 2.05) is 10.9 Å². The number of hydrogen-bond acceptors (Lipinski definition) is 2. The Morgan fingerprint density at radius 3 is 2.65 bits per heavy atom. The van der Waals surface area contributed by atoms with Gasteiger partial charge in [-0.05, 0) is 50.5 Å². The summed E-state index contributed by atoms with van der Waals surface area (Å²) in [4.78, 5) is 0. The number of aromatic nitrogens is 2. The summed E-state index contributed by atoms with van der Waals surface area (Å²) in [5, 5.41) is 4.32. The topological polar surface area (TPSA) is 43.8 Å². The van der Waals surface area contributed by atoms with Crippen LogP contribution in [0.25, 0.3) is 0 Å². The number of nitrogens with two attached hydrogens (primary N) is 1. The van der Waals surface area contributed by atoms with Crippen LogP contribution < -0.4 is 5.73 Å². The molecule has 3 heteroatoms. The Morgan fingerprint density at radius 2 is 2.12 bits per heavy atom. The second kappa shape index (κ2) is 5.21. The van der Waals surface area contributed by atoms with E-state index in [1.165, 1.54) is 37.7 Å². The summed E-state index contributed by atoms with van der Waals surface area (Å²) in [5.74, 6) is 0.907. The fraction of sp³-hybridized carbons (Fsp3) is 0.786. The summed E-state index contributed by atoms with van der Waals surface area (Å²) in [6.07, 6.45) is 11.4. The molecule has 1 aromatic heterocycles. The maximum absolute atomic E-state index is 6.52. The molecule has 17 heavy (non-hydrogen) atoms. The van der Waals surface area contributed by atoms with Crippen LogP contribution in [0.15, 0.2) is 12.4 Å². The molecule has 0 saturated heterocycles. The smallest absolute Gasteiger partial charge is 0.0522 e. The quantitative estimate of drug-likeness (QED) is 0.872. The molecule has 1 aromatic rings. The van der Waals surface area contributed by atoms with Crippen molar-refractivity contribution in [1.29, 1.82) is 0 Å². The summed E-state index contributed by atoms with van der Waals surface area (Å²) >= 11 is 0. The van der Waals surface area contributed by atoms with Crippen molar-refractivity contribution < 1.29 is 0 Å². The highest BCUT2D eigenvalue weighted by Gasteiger charge is 2.31. The van der Waals surface area contributed by atoms with E-state index in [2.05, 4.69) is 25.1 Å². The minimum Gasteiger partial charge on any atom is -0.325 e. The van der Waals surface area contributed by atoms with Crippen LogP contribution in [0.3, 0.4) is 0 Å². The van der Waals surface area contributed by atoms with Gasteiger partial charge < -0.3 is 5.73 Å². The number of hydrogen-bond donors (Lipinski definition) is 1. The van der Waals surface area contributed by atoms with Crippen LogP contribution in [-0.4, -0.2) is 15.3 Å². The molecule has 1 saturated carbocycles. The molecule has 2 N–H and O–H groups in total. The number of rotatable bonds is 4. The van der Waals surface area contributed by atoms with E-state index < -0.39 is 0 Å². The predicted molar refractivity (Wildman–Crippen MR) is 70.8 cm³/mol. The van der Waals surface area contributed by atoms with Crippen LogP contribution in [0, 0.1) is 5.92 Å². The molecular weight excluding hydrogens is 210 g/mol. The third-order valence-electron chi connectivity index (χ3n) is 4.25. The van der Waals surface area contributed by atoms with Crippen LogP contribution in [0.2, 0.25) is 0 Å². The van der Waals surface area contributed by atoms with Crippen molar-refractivity contribution in [2.24, 2.45) is 11.7 Å². The molecule has 0 amide bonds. The Balaban J connectivity index is 1.94. The molecule has 1 fully saturated rings. The van der Waals surface area contributed by atoms with Gasteiger partial charge in [0.1, 0.15) is 0 Å². The molecule has 0 aromatic carbocycles. The van der Waals surface area contributed by atoms with Gasteiger partial charge in [-0.2, -0.15) is 5.10 Å². The Labute approximate surface area is 104 Å². The number of aryl methyl sites for hydroxylation is 1. The SMILES string of the molecule is CCC1CCC(N)(Cc2cnn(CC)c2)CC1. The predicted octanol–water partition coefficient (Wildman–Crippen LogP) is 2.74. The summed E-state index contributed by atoms with van der Waals surface area (Å²) in [5.41, 5.74) is 7.84. The zero-order valence-electron chi connectivity index (χ0n) is 11.2. The van der Waals surface area contributed by atoms with Gasteiger partial charge in [0.2, 0.25) is 0 Å². The van der Waals surface area contributed by atoms with Gasteiger partial charge in [0.15, 0.2) is 0 Å². The van der Waals surface area contributed by atoms with E-state index >= 15 is 0 Å². The van der Waals surface area contributed by atoms with Crippen molar-refractivity contribution in [2.75, 3.05) is 0 Å². The van der Waals surface area contributed by atoms with Gasteiger partial charge in [0.25, 0.3) is 0 Å².